The molecule has 34 heavy (non-hydrogen) atoms. The van der Waals surface area contributed by atoms with Gasteiger partial charge in [-0.25, -0.2) is 22.9 Å². The van der Waals surface area contributed by atoms with Crippen molar-refractivity contribution < 1.29 is 60.6 Å². The molecule has 3 unspecified atom stereocenters. The summed E-state index contributed by atoms with van der Waals surface area (Å²) in [5.74, 6) is -0.174. The van der Waals surface area contributed by atoms with E-state index in [4.69, 9.17) is 24.8 Å². The lowest BCUT2D eigenvalue weighted by atomic mass is 10.0. The molecule has 0 amide bonds. The monoisotopic (exact) mass is 553 g/mol. The van der Waals surface area contributed by atoms with Gasteiger partial charge in [-0.3, -0.25) is 9.09 Å². The molecule has 0 radical (unpaired) electrons. The molecule has 194 valence electrons. The van der Waals surface area contributed by atoms with Crippen molar-refractivity contribution in [2.45, 2.75) is 56.4 Å². The second-order valence-corrected chi connectivity index (χ2v) is 12.5. The molecule has 2 heterocycles. The van der Waals surface area contributed by atoms with E-state index in [-0.39, 0.29) is 24.6 Å². The summed E-state index contributed by atoms with van der Waals surface area (Å²) in [6.45, 7) is 3.56. The first kappa shape index (κ1) is 27.5. The van der Waals surface area contributed by atoms with Crippen LogP contribution in [0, 0.1) is 5.92 Å². The Balaban J connectivity index is 1.88. The fourth-order valence-electron chi connectivity index (χ4n) is 3.81. The maximum Gasteiger partial charge on any atom is 0.490 e. The molecule has 1 aliphatic heterocycles. The molecular formula is C14H23FN3O13P3. The van der Waals surface area contributed by atoms with Crippen molar-refractivity contribution in [2.24, 2.45) is 5.92 Å². The second kappa shape index (κ2) is 8.80. The van der Waals surface area contributed by atoms with Gasteiger partial charge in [0, 0.05) is 6.20 Å². The van der Waals surface area contributed by atoms with Crippen molar-refractivity contribution in [3.63, 3.8) is 0 Å². The van der Waals surface area contributed by atoms with Crippen molar-refractivity contribution in [1.82, 2.24) is 9.55 Å². The Hall–Kier alpha value is -1.06. The van der Waals surface area contributed by atoms with E-state index in [1.54, 1.807) is 13.8 Å². The van der Waals surface area contributed by atoms with Crippen LogP contribution in [0.25, 0.3) is 0 Å². The highest BCUT2D eigenvalue weighted by atomic mass is 31.3. The second-order valence-electron chi connectivity index (χ2n) is 8.18. The van der Waals surface area contributed by atoms with Gasteiger partial charge < -0.3 is 35.2 Å². The summed E-state index contributed by atoms with van der Waals surface area (Å²) in [5.41, 5.74) is -0.198. The first-order valence-corrected chi connectivity index (χ1v) is 14.1. The molecule has 0 bridgehead atoms. The Morgan fingerprint density at radius 1 is 1.24 bits per heavy atom. The molecule has 20 heteroatoms. The molecule has 1 saturated carbocycles. The number of fused-ring (bicyclic) bond motifs is 1. The van der Waals surface area contributed by atoms with Crippen LogP contribution >= 0.6 is 23.5 Å². The molecule has 2 aliphatic rings. The van der Waals surface area contributed by atoms with Crippen LogP contribution in [-0.4, -0.2) is 57.7 Å². The number of phosphoric acid groups is 3. The lowest BCUT2D eigenvalue weighted by Crippen LogP contribution is -2.38. The number of halogens is 1. The van der Waals surface area contributed by atoms with Crippen LogP contribution in [0.15, 0.2) is 17.1 Å². The first-order chi connectivity index (χ1) is 15.3. The highest BCUT2D eigenvalue weighted by Crippen LogP contribution is 2.73. The fourth-order valence-corrected chi connectivity index (χ4v) is 7.07. The standard InChI is InChI=1S/C14H23FN3O13P3/c1-7(2)3-5-13-11(29-33(24,25)31-34(26,27)30-32(21,22)23)14(13,20)9(15)10(28-13)18-6-4-8(16)17-12(18)19/h4,6-7,9-11,20H,3,5H2,1-2H3,(H,24,25)(H,26,27)(H2,16,17,19)(H2,21,22,23)/t9-,10+,11?,13+,14+/m0/s1. The summed E-state index contributed by atoms with van der Waals surface area (Å²) in [6.07, 6.45) is -4.86. The number of aliphatic hydroxyl groups is 1. The normalized spacial score (nSPS) is 34.4. The zero-order valence-corrected chi connectivity index (χ0v) is 20.3. The van der Waals surface area contributed by atoms with E-state index in [9.17, 15) is 33.4 Å². The van der Waals surface area contributed by atoms with E-state index in [1.807, 2.05) is 0 Å². The smallest absolute Gasteiger partial charge is 0.383 e. The van der Waals surface area contributed by atoms with Gasteiger partial charge >= 0.3 is 29.2 Å². The predicted octanol–water partition coefficient (Wildman–Crippen LogP) is 0.324. The largest absolute Gasteiger partial charge is 0.490 e. The first-order valence-electron chi connectivity index (χ1n) is 9.55. The number of hydrogen-bond acceptors (Lipinski definition) is 11. The van der Waals surface area contributed by atoms with E-state index in [0.717, 1.165) is 6.20 Å². The fraction of sp³-hybridized carbons (Fsp3) is 0.714. The molecule has 2 fully saturated rings. The van der Waals surface area contributed by atoms with Crippen LogP contribution < -0.4 is 11.4 Å². The van der Waals surface area contributed by atoms with Crippen molar-refractivity contribution >= 4 is 29.3 Å². The molecule has 1 saturated heterocycles. The number of nitrogen functional groups attached to an aromatic ring is 1. The number of aromatic nitrogens is 2. The van der Waals surface area contributed by atoms with Gasteiger partial charge in [0.25, 0.3) is 0 Å². The minimum atomic E-state index is -5.84. The van der Waals surface area contributed by atoms with Gasteiger partial charge in [-0.15, -0.1) is 0 Å². The van der Waals surface area contributed by atoms with Crippen molar-refractivity contribution in [2.75, 3.05) is 5.73 Å². The van der Waals surface area contributed by atoms with E-state index in [1.165, 1.54) is 6.07 Å². The van der Waals surface area contributed by atoms with E-state index < -0.39 is 58.9 Å². The zero-order chi connectivity index (χ0) is 25.9. The zero-order valence-electron chi connectivity index (χ0n) is 17.6. The summed E-state index contributed by atoms with van der Waals surface area (Å²) in [7, 11) is -17.2. The van der Waals surface area contributed by atoms with E-state index in [0.29, 0.717) is 4.57 Å². The Morgan fingerprint density at radius 3 is 2.38 bits per heavy atom. The number of nitrogens with two attached hydrogens (primary N) is 1. The number of phosphoric ester groups is 1. The number of ether oxygens (including phenoxy) is 1. The molecule has 1 aromatic heterocycles. The van der Waals surface area contributed by atoms with Crippen LogP contribution in [0.5, 0.6) is 0 Å². The molecule has 1 aromatic rings. The average molecular weight is 553 g/mol. The van der Waals surface area contributed by atoms with Crippen LogP contribution in [0.1, 0.15) is 32.9 Å². The van der Waals surface area contributed by atoms with Crippen molar-refractivity contribution in [3.05, 3.63) is 22.7 Å². The maximum absolute atomic E-state index is 15.4. The topological polar surface area (TPSA) is 250 Å². The number of rotatable bonds is 10. The number of alkyl halides is 1. The third-order valence-corrected chi connectivity index (χ3v) is 9.10. The third-order valence-electron chi connectivity index (χ3n) is 5.29. The molecule has 7 atom stereocenters. The molecule has 3 rings (SSSR count). The van der Waals surface area contributed by atoms with Gasteiger partial charge in [0.2, 0.25) is 0 Å². The number of anilines is 1. The Labute approximate surface area is 190 Å². The van der Waals surface area contributed by atoms with Gasteiger partial charge in [0.15, 0.2) is 18.0 Å². The molecule has 0 spiro atoms. The van der Waals surface area contributed by atoms with Crippen molar-refractivity contribution in [1.29, 1.82) is 0 Å². The van der Waals surface area contributed by atoms with Gasteiger partial charge in [0.05, 0.1) is 0 Å². The molecular weight excluding hydrogens is 530 g/mol. The average Bonchev–Trinajstić information content (AvgIpc) is 3.00. The molecule has 7 N–H and O–H groups in total. The highest BCUT2D eigenvalue weighted by molar-refractivity contribution is 7.66. The molecule has 1 aliphatic carbocycles. The Morgan fingerprint density at radius 2 is 1.85 bits per heavy atom. The van der Waals surface area contributed by atoms with Gasteiger partial charge in [-0.05, 0) is 24.8 Å². The highest BCUT2D eigenvalue weighted by Gasteiger charge is 2.89. The maximum atomic E-state index is 15.4. The molecule has 16 nitrogen and oxygen atoms in total. The van der Waals surface area contributed by atoms with Gasteiger partial charge in [-0.1, -0.05) is 13.8 Å². The van der Waals surface area contributed by atoms with Crippen molar-refractivity contribution in [3.8, 4) is 0 Å². The predicted molar refractivity (Wildman–Crippen MR) is 108 cm³/mol. The van der Waals surface area contributed by atoms with E-state index in [2.05, 4.69) is 13.6 Å². The number of hydrogen-bond donors (Lipinski definition) is 6. The summed E-state index contributed by atoms with van der Waals surface area (Å²) in [4.78, 5) is 51.9. The number of nitrogens with zero attached hydrogens (tertiary/aromatic N) is 2. The Kier molecular flexibility index (Phi) is 7.13. The summed E-state index contributed by atoms with van der Waals surface area (Å²) >= 11 is 0. The quantitative estimate of drug-likeness (QED) is 0.214. The third kappa shape index (κ3) is 5.21. The van der Waals surface area contributed by atoms with Crippen LogP contribution in [0.3, 0.4) is 0 Å². The van der Waals surface area contributed by atoms with Crippen LogP contribution in [0.4, 0.5) is 10.2 Å². The lowest BCUT2D eigenvalue weighted by molar-refractivity contribution is -0.0948. The van der Waals surface area contributed by atoms with E-state index >= 15 is 4.39 Å². The summed E-state index contributed by atoms with van der Waals surface area (Å²) in [5, 5.41) is 11.0. The van der Waals surface area contributed by atoms with Gasteiger partial charge in [-0.2, -0.15) is 13.6 Å². The summed E-state index contributed by atoms with van der Waals surface area (Å²) < 4.78 is 68.3. The Bertz CT molecular complexity index is 1160. The minimum Gasteiger partial charge on any atom is -0.383 e. The molecule has 0 aromatic carbocycles. The van der Waals surface area contributed by atoms with Crippen LogP contribution in [-0.2, 0) is 31.6 Å². The summed E-state index contributed by atoms with van der Waals surface area (Å²) in [6, 6.07) is 1.18. The minimum absolute atomic E-state index is 0.0204. The van der Waals surface area contributed by atoms with Gasteiger partial charge in [0.1, 0.15) is 17.5 Å². The van der Waals surface area contributed by atoms with Crippen LogP contribution in [0.2, 0.25) is 0 Å². The SMILES string of the molecule is CC(C)CC[C@]12O[C@@H](n3ccc(N)nc3=O)[C@H](F)[C@@]1(O)C2OP(=O)(O)OP(=O)(O)OP(=O)(O)O. The lowest BCUT2D eigenvalue weighted by Gasteiger charge is -2.25.